The van der Waals surface area contributed by atoms with E-state index in [1.165, 1.54) is 6.07 Å². The Bertz CT molecular complexity index is 1340. The van der Waals surface area contributed by atoms with Crippen LogP contribution in [0.2, 0.25) is 0 Å². The molecule has 2 N–H and O–H groups in total. The Balaban J connectivity index is 1.07. The summed E-state index contributed by atoms with van der Waals surface area (Å²) in [6, 6.07) is 21.0. The number of nitrogens with one attached hydrogen (secondary N) is 1. The van der Waals surface area contributed by atoms with E-state index >= 15 is 0 Å². The third-order valence-corrected chi connectivity index (χ3v) is 8.62. The number of hydrogen-bond donors (Lipinski definition) is 2. The van der Waals surface area contributed by atoms with Gasteiger partial charge in [0.25, 0.3) is 0 Å². The molecule has 9 heteroatoms. The van der Waals surface area contributed by atoms with Gasteiger partial charge in [0.05, 0.1) is 37.6 Å². The van der Waals surface area contributed by atoms with E-state index in [4.69, 9.17) is 18.9 Å². The minimum Gasteiger partial charge on any atom is -0.490 e. The standard InChI is InChI=1S/C34H42FN3O5/c1-40-16-3-13-37-15-17-41-32-11-6-24(18-30(32)37)23-42-33-21-36-20-31(39)34(33)25-7-9-28(10-8-25)43-29-12-14-38(22-29)27-5-2-4-26(35)19-27/h2,4-11,18-19,29,31,33-34,36,39H,3,12-17,20-23H2,1H3/t29-,31+,33-,34-/m0/s1. The van der Waals surface area contributed by atoms with E-state index in [2.05, 4.69) is 27.2 Å². The first-order chi connectivity index (χ1) is 21.1. The maximum absolute atomic E-state index is 13.7. The minimum absolute atomic E-state index is 0.0348. The van der Waals surface area contributed by atoms with E-state index in [9.17, 15) is 9.50 Å². The molecule has 3 heterocycles. The molecule has 3 aromatic carbocycles. The van der Waals surface area contributed by atoms with Crippen LogP contribution in [-0.2, 0) is 16.1 Å². The second-order valence-corrected chi connectivity index (χ2v) is 11.6. The van der Waals surface area contributed by atoms with Gasteiger partial charge in [0.1, 0.15) is 30.0 Å². The third kappa shape index (κ3) is 7.24. The molecule has 8 nitrogen and oxygen atoms in total. The highest BCUT2D eigenvalue weighted by molar-refractivity contribution is 5.61. The maximum atomic E-state index is 13.7. The number of piperidine rings is 1. The normalized spacial score (nSPS) is 23.6. The minimum atomic E-state index is -0.562. The summed E-state index contributed by atoms with van der Waals surface area (Å²) in [7, 11) is 1.73. The lowest BCUT2D eigenvalue weighted by atomic mass is 9.85. The number of anilines is 2. The summed E-state index contributed by atoms with van der Waals surface area (Å²) >= 11 is 0. The molecule has 6 rings (SSSR count). The predicted octanol–water partition coefficient (Wildman–Crippen LogP) is 4.35. The molecule has 3 aliphatic rings. The molecule has 2 saturated heterocycles. The number of halogens is 1. The van der Waals surface area contributed by atoms with E-state index in [0.29, 0.717) is 32.8 Å². The Morgan fingerprint density at radius 2 is 1.93 bits per heavy atom. The number of β-amino-alcohol motifs (C(OH)–C–C–N with tert-alkyl or cyclic N) is 1. The molecule has 0 radical (unpaired) electrons. The van der Waals surface area contributed by atoms with E-state index in [0.717, 1.165) is 73.1 Å². The molecule has 3 aromatic rings. The van der Waals surface area contributed by atoms with Gasteiger partial charge < -0.3 is 39.2 Å². The number of fused-ring (bicyclic) bond motifs is 1. The van der Waals surface area contributed by atoms with Crippen LogP contribution in [0.1, 0.15) is 29.9 Å². The second-order valence-electron chi connectivity index (χ2n) is 11.6. The van der Waals surface area contributed by atoms with Crippen LogP contribution in [0, 0.1) is 5.82 Å². The van der Waals surface area contributed by atoms with Crippen molar-refractivity contribution < 1.29 is 28.4 Å². The lowest BCUT2D eigenvalue weighted by molar-refractivity contribution is -0.0328. The number of aliphatic hydroxyl groups is 1. The second kappa shape index (κ2) is 13.9. The van der Waals surface area contributed by atoms with Crippen molar-refractivity contribution in [2.45, 2.75) is 43.7 Å². The Morgan fingerprint density at radius 1 is 1.05 bits per heavy atom. The fourth-order valence-electron chi connectivity index (χ4n) is 6.41. The number of hydrogen-bond acceptors (Lipinski definition) is 8. The fraction of sp³-hybridized carbons (Fsp3) is 0.471. The van der Waals surface area contributed by atoms with Gasteiger partial charge in [0.2, 0.25) is 0 Å². The molecule has 0 saturated carbocycles. The lowest BCUT2D eigenvalue weighted by Gasteiger charge is -2.36. The van der Waals surface area contributed by atoms with Gasteiger partial charge in [-0.3, -0.25) is 0 Å². The zero-order valence-corrected chi connectivity index (χ0v) is 24.8. The number of ether oxygens (including phenoxy) is 4. The number of nitrogens with zero attached hydrogens (tertiary/aromatic N) is 2. The van der Waals surface area contributed by atoms with Crippen molar-refractivity contribution in [2.24, 2.45) is 0 Å². The molecule has 0 aromatic heterocycles. The summed E-state index contributed by atoms with van der Waals surface area (Å²) in [6.07, 6.45) is 1.12. The Kier molecular flexibility index (Phi) is 9.63. The third-order valence-electron chi connectivity index (χ3n) is 8.62. The number of rotatable bonds is 11. The molecule has 0 spiro atoms. The van der Waals surface area contributed by atoms with Gasteiger partial charge in [-0.15, -0.1) is 0 Å². The number of aliphatic hydroxyl groups excluding tert-OH is 1. The maximum Gasteiger partial charge on any atom is 0.142 e. The van der Waals surface area contributed by atoms with Crippen molar-refractivity contribution in [3.63, 3.8) is 0 Å². The molecule has 0 aliphatic carbocycles. The molecular formula is C34H42FN3O5. The highest BCUT2D eigenvalue weighted by atomic mass is 19.1. The summed E-state index contributed by atoms with van der Waals surface area (Å²) in [5, 5.41) is 14.3. The van der Waals surface area contributed by atoms with Gasteiger partial charge in [-0.25, -0.2) is 4.39 Å². The molecule has 230 valence electrons. The molecule has 2 fully saturated rings. The quantitative estimate of drug-likeness (QED) is 0.319. The first-order valence-corrected chi connectivity index (χ1v) is 15.3. The van der Waals surface area contributed by atoms with Gasteiger partial charge >= 0.3 is 0 Å². The molecular weight excluding hydrogens is 549 g/mol. The Hall–Kier alpha value is -3.37. The van der Waals surface area contributed by atoms with Crippen LogP contribution < -0.4 is 24.6 Å². The summed E-state index contributed by atoms with van der Waals surface area (Å²) in [4.78, 5) is 4.51. The van der Waals surface area contributed by atoms with Crippen LogP contribution in [0.3, 0.4) is 0 Å². The smallest absolute Gasteiger partial charge is 0.142 e. The van der Waals surface area contributed by atoms with Crippen molar-refractivity contribution in [1.82, 2.24) is 5.32 Å². The molecule has 4 atom stereocenters. The SMILES string of the molecule is COCCCN1CCOc2ccc(CO[C@H]3CNC[C@@H](O)[C@@H]3c3ccc(O[C@H]4CCN(c5cccc(F)c5)C4)cc3)cc21. The summed E-state index contributed by atoms with van der Waals surface area (Å²) in [5.74, 6) is 1.32. The summed E-state index contributed by atoms with van der Waals surface area (Å²) < 4.78 is 37.6. The largest absolute Gasteiger partial charge is 0.490 e. The summed E-state index contributed by atoms with van der Waals surface area (Å²) in [6.45, 7) is 6.36. The van der Waals surface area contributed by atoms with Crippen LogP contribution in [0.5, 0.6) is 11.5 Å². The van der Waals surface area contributed by atoms with Gasteiger partial charge in [-0.2, -0.15) is 0 Å². The van der Waals surface area contributed by atoms with Gasteiger partial charge in [0.15, 0.2) is 0 Å². The topological polar surface area (TPSA) is 75.7 Å². The van der Waals surface area contributed by atoms with E-state index in [-0.39, 0.29) is 23.9 Å². The first-order valence-electron chi connectivity index (χ1n) is 15.3. The lowest BCUT2D eigenvalue weighted by Crippen LogP contribution is -2.49. The number of methoxy groups -OCH3 is 1. The summed E-state index contributed by atoms with van der Waals surface area (Å²) in [5.41, 5.74) is 4.09. The van der Waals surface area contributed by atoms with Crippen molar-refractivity contribution in [3.05, 3.63) is 83.7 Å². The van der Waals surface area contributed by atoms with Crippen molar-refractivity contribution in [3.8, 4) is 11.5 Å². The molecule has 3 aliphatic heterocycles. The van der Waals surface area contributed by atoms with Crippen molar-refractivity contribution >= 4 is 11.4 Å². The van der Waals surface area contributed by atoms with Gasteiger partial charge in [0, 0.05) is 57.9 Å². The molecule has 43 heavy (non-hydrogen) atoms. The fourth-order valence-corrected chi connectivity index (χ4v) is 6.41. The highest BCUT2D eigenvalue weighted by Crippen LogP contribution is 2.34. The zero-order chi connectivity index (χ0) is 29.6. The average Bonchev–Trinajstić information content (AvgIpc) is 3.49. The van der Waals surface area contributed by atoms with Gasteiger partial charge in [-0.1, -0.05) is 24.3 Å². The number of benzene rings is 3. The van der Waals surface area contributed by atoms with Crippen molar-refractivity contribution in [2.75, 3.05) is 69.4 Å². The molecule has 0 bridgehead atoms. The first kappa shape index (κ1) is 29.7. The zero-order valence-electron chi connectivity index (χ0n) is 24.8. The van der Waals surface area contributed by atoms with Crippen LogP contribution in [0.25, 0.3) is 0 Å². The Labute approximate surface area is 253 Å². The van der Waals surface area contributed by atoms with Crippen molar-refractivity contribution in [1.29, 1.82) is 0 Å². The predicted molar refractivity (Wildman–Crippen MR) is 165 cm³/mol. The van der Waals surface area contributed by atoms with E-state index in [1.54, 1.807) is 19.2 Å². The van der Waals surface area contributed by atoms with E-state index < -0.39 is 6.10 Å². The van der Waals surface area contributed by atoms with E-state index in [1.807, 2.05) is 36.4 Å². The van der Waals surface area contributed by atoms with Crippen LogP contribution in [0.15, 0.2) is 66.7 Å². The van der Waals surface area contributed by atoms with Gasteiger partial charge in [-0.05, 0) is 60.0 Å². The van der Waals surface area contributed by atoms with Crippen LogP contribution in [0.4, 0.5) is 15.8 Å². The van der Waals surface area contributed by atoms with Crippen LogP contribution in [-0.4, -0.2) is 83.0 Å². The molecule has 0 unspecified atom stereocenters. The average molecular weight is 592 g/mol. The highest BCUT2D eigenvalue weighted by Gasteiger charge is 2.34. The van der Waals surface area contributed by atoms with Crippen LogP contribution >= 0.6 is 0 Å². The monoisotopic (exact) mass is 591 g/mol. The molecule has 0 amide bonds. The Morgan fingerprint density at radius 3 is 2.77 bits per heavy atom.